The fourth-order valence-electron chi connectivity index (χ4n) is 1.88. The Balaban J connectivity index is 2.59. The van der Waals surface area contributed by atoms with Gasteiger partial charge in [-0.15, -0.1) is 0 Å². The fraction of sp³-hybridized carbons (Fsp3) is 0.917. The van der Waals surface area contributed by atoms with E-state index in [4.69, 9.17) is 4.74 Å². The maximum absolute atomic E-state index is 13.8. The Labute approximate surface area is 110 Å². The van der Waals surface area contributed by atoms with Crippen LogP contribution in [0.15, 0.2) is 0 Å². The van der Waals surface area contributed by atoms with Crippen molar-refractivity contribution in [3.63, 3.8) is 0 Å². The third kappa shape index (κ3) is 5.07. The van der Waals surface area contributed by atoms with E-state index in [0.717, 1.165) is 13.0 Å². The zero-order chi connectivity index (χ0) is 13.9. The van der Waals surface area contributed by atoms with Crippen LogP contribution in [0.3, 0.4) is 0 Å². The summed E-state index contributed by atoms with van der Waals surface area (Å²) in [6.45, 7) is 6.32. The summed E-state index contributed by atoms with van der Waals surface area (Å²) in [5, 5.41) is 0. The molecule has 0 N–H and O–H groups in total. The predicted molar refractivity (Wildman–Crippen MR) is 72.8 cm³/mol. The number of rotatable bonds is 1. The van der Waals surface area contributed by atoms with Crippen LogP contribution in [0.1, 0.15) is 27.2 Å². The lowest BCUT2D eigenvalue weighted by molar-refractivity contribution is 0.0230. The van der Waals surface area contributed by atoms with E-state index in [0.29, 0.717) is 12.4 Å². The number of amides is 1. The molecule has 0 saturated carbocycles. The summed E-state index contributed by atoms with van der Waals surface area (Å²) >= 11 is 0. The number of carbonyl (C=O) groups is 1. The van der Waals surface area contributed by atoms with Gasteiger partial charge in [0.15, 0.2) is 0 Å². The van der Waals surface area contributed by atoms with Gasteiger partial charge in [-0.05, 0) is 34.2 Å². The molecule has 0 radical (unpaired) electrons. The molecule has 1 amide bonds. The Bertz CT molecular complexity index is 296. The first-order valence-electron chi connectivity index (χ1n) is 6.24. The SMILES string of the molecule is CN1CCC(N(C)C(=O)OC(C)(C)C)CP(F)C1. The van der Waals surface area contributed by atoms with Crippen molar-refractivity contribution in [2.45, 2.75) is 38.8 Å². The van der Waals surface area contributed by atoms with Gasteiger partial charge in [0.05, 0.1) is 8.23 Å². The topological polar surface area (TPSA) is 32.8 Å². The van der Waals surface area contributed by atoms with E-state index in [9.17, 15) is 8.99 Å². The highest BCUT2D eigenvalue weighted by Gasteiger charge is 2.30. The highest BCUT2D eigenvalue weighted by Crippen LogP contribution is 2.41. The molecule has 4 nitrogen and oxygen atoms in total. The van der Waals surface area contributed by atoms with Gasteiger partial charge >= 0.3 is 6.09 Å². The molecular weight excluding hydrogens is 254 g/mol. The molecule has 18 heavy (non-hydrogen) atoms. The molecule has 0 aromatic rings. The molecule has 1 aliphatic rings. The van der Waals surface area contributed by atoms with Crippen LogP contribution in [-0.4, -0.2) is 60.6 Å². The minimum absolute atomic E-state index is 0.0547. The smallest absolute Gasteiger partial charge is 0.410 e. The van der Waals surface area contributed by atoms with Gasteiger partial charge in [0.25, 0.3) is 0 Å². The summed E-state index contributed by atoms with van der Waals surface area (Å²) in [6, 6.07) is -0.0547. The number of halogens is 1. The number of hydrogen-bond donors (Lipinski definition) is 0. The van der Waals surface area contributed by atoms with Crippen molar-refractivity contribution < 1.29 is 13.7 Å². The molecule has 1 aliphatic heterocycles. The normalized spacial score (nSPS) is 26.6. The van der Waals surface area contributed by atoms with Crippen LogP contribution in [0.25, 0.3) is 0 Å². The van der Waals surface area contributed by atoms with Gasteiger partial charge in [-0.25, -0.2) is 8.99 Å². The zero-order valence-corrected chi connectivity index (χ0v) is 12.8. The number of nitrogens with zero attached hydrogens (tertiary/aromatic N) is 2. The average Bonchev–Trinajstić information content (AvgIpc) is 2.35. The third-order valence-corrected chi connectivity index (χ3v) is 4.48. The second-order valence-corrected chi connectivity index (χ2v) is 7.47. The average molecular weight is 278 g/mol. The molecule has 2 unspecified atom stereocenters. The first-order chi connectivity index (χ1) is 8.19. The van der Waals surface area contributed by atoms with Crippen molar-refractivity contribution in [2.24, 2.45) is 0 Å². The van der Waals surface area contributed by atoms with Crippen LogP contribution >= 0.6 is 8.23 Å². The minimum atomic E-state index is -1.51. The monoisotopic (exact) mass is 278 g/mol. The molecule has 1 heterocycles. The van der Waals surface area contributed by atoms with E-state index < -0.39 is 13.8 Å². The molecule has 2 atom stereocenters. The van der Waals surface area contributed by atoms with Gasteiger partial charge in [0, 0.05) is 32.1 Å². The van der Waals surface area contributed by atoms with Crippen LogP contribution in [0.2, 0.25) is 0 Å². The highest BCUT2D eigenvalue weighted by atomic mass is 31.2. The van der Waals surface area contributed by atoms with Crippen molar-refractivity contribution in [3.8, 4) is 0 Å². The Kier molecular flexibility index (Phi) is 5.35. The van der Waals surface area contributed by atoms with Crippen LogP contribution < -0.4 is 0 Å². The summed E-state index contributed by atoms with van der Waals surface area (Å²) in [7, 11) is 2.11. The third-order valence-electron chi connectivity index (χ3n) is 2.88. The highest BCUT2D eigenvalue weighted by molar-refractivity contribution is 7.52. The minimum Gasteiger partial charge on any atom is -0.444 e. The van der Waals surface area contributed by atoms with Gasteiger partial charge in [-0.1, -0.05) is 0 Å². The van der Waals surface area contributed by atoms with Crippen molar-refractivity contribution in [1.82, 2.24) is 9.80 Å². The first-order valence-corrected chi connectivity index (χ1v) is 7.84. The molecule has 6 heteroatoms. The van der Waals surface area contributed by atoms with Gasteiger partial charge in [-0.3, -0.25) is 4.90 Å². The molecule has 0 aromatic carbocycles. The van der Waals surface area contributed by atoms with Gasteiger partial charge in [0.2, 0.25) is 0 Å². The van der Waals surface area contributed by atoms with Gasteiger partial charge in [-0.2, -0.15) is 0 Å². The lowest BCUT2D eigenvalue weighted by Crippen LogP contribution is -2.42. The molecule has 1 fully saturated rings. The molecular formula is C12H24FN2O2P. The molecule has 0 aliphatic carbocycles. The van der Waals surface area contributed by atoms with Crippen LogP contribution in [0, 0.1) is 0 Å². The van der Waals surface area contributed by atoms with E-state index in [1.54, 1.807) is 11.9 Å². The maximum Gasteiger partial charge on any atom is 0.410 e. The van der Waals surface area contributed by atoms with E-state index >= 15 is 0 Å². The van der Waals surface area contributed by atoms with Gasteiger partial charge in [0.1, 0.15) is 5.60 Å². The van der Waals surface area contributed by atoms with E-state index in [1.165, 1.54) is 0 Å². The van der Waals surface area contributed by atoms with Crippen molar-refractivity contribution in [2.75, 3.05) is 33.1 Å². The lowest BCUT2D eigenvalue weighted by atomic mass is 10.2. The van der Waals surface area contributed by atoms with Crippen LogP contribution in [-0.2, 0) is 4.74 Å². The van der Waals surface area contributed by atoms with Crippen LogP contribution in [0.4, 0.5) is 8.99 Å². The molecule has 0 spiro atoms. The summed E-state index contributed by atoms with van der Waals surface area (Å²) in [5.41, 5.74) is -0.507. The van der Waals surface area contributed by atoms with Gasteiger partial charge < -0.3 is 9.64 Å². The first kappa shape index (κ1) is 15.6. The van der Waals surface area contributed by atoms with E-state index in [2.05, 4.69) is 0 Å². The van der Waals surface area contributed by atoms with Crippen LogP contribution in [0.5, 0.6) is 0 Å². The summed E-state index contributed by atoms with van der Waals surface area (Å²) in [4.78, 5) is 15.5. The Morgan fingerprint density at radius 2 is 2.11 bits per heavy atom. The maximum atomic E-state index is 13.8. The molecule has 0 aromatic heterocycles. The fourth-order valence-corrected chi connectivity index (χ4v) is 3.54. The summed E-state index contributed by atoms with van der Waals surface area (Å²) in [5.74, 6) is 0. The number of hydrogen-bond acceptors (Lipinski definition) is 3. The molecule has 1 rings (SSSR count). The van der Waals surface area contributed by atoms with Crippen molar-refractivity contribution in [1.29, 1.82) is 0 Å². The second kappa shape index (κ2) is 6.16. The number of carbonyl (C=O) groups excluding carboxylic acids is 1. The number of ether oxygens (including phenoxy) is 1. The standard InChI is InChI=1S/C12H24FN2O2P/c1-12(2,3)17-11(16)15(5)10-6-7-14(4)9-18(13)8-10/h10H,6-9H2,1-5H3. The Morgan fingerprint density at radius 3 is 2.67 bits per heavy atom. The predicted octanol–water partition coefficient (Wildman–Crippen LogP) is 2.88. The molecule has 0 bridgehead atoms. The summed E-state index contributed by atoms with van der Waals surface area (Å²) in [6.07, 6.45) is 1.40. The zero-order valence-electron chi connectivity index (χ0n) is 11.9. The lowest BCUT2D eigenvalue weighted by Gasteiger charge is -2.30. The van der Waals surface area contributed by atoms with Crippen molar-refractivity contribution >= 4 is 14.3 Å². The quantitative estimate of drug-likeness (QED) is 0.691. The van der Waals surface area contributed by atoms with E-state index in [-0.39, 0.29) is 12.1 Å². The molecule has 1 saturated heterocycles. The van der Waals surface area contributed by atoms with E-state index in [1.807, 2.05) is 32.7 Å². The van der Waals surface area contributed by atoms with Crippen molar-refractivity contribution in [3.05, 3.63) is 0 Å². The Morgan fingerprint density at radius 1 is 1.50 bits per heavy atom. The molecule has 106 valence electrons. The summed E-state index contributed by atoms with van der Waals surface area (Å²) < 4.78 is 19.1. The second-order valence-electron chi connectivity index (χ2n) is 5.90. The Hall–Kier alpha value is -0.410. The largest absolute Gasteiger partial charge is 0.444 e.